The SMILES string of the molecule is CCc1cc(CC(NC)C2(OC)CCC2)n(CC)n1. The number of likely N-dealkylation sites (N-methyl/N-ethyl adjacent to an activating group) is 1. The van der Waals surface area contributed by atoms with Gasteiger partial charge in [0.1, 0.15) is 0 Å². The van der Waals surface area contributed by atoms with Crippen molar-refractivity contribution < 1.29 is 4.74 Å². The van der Waals surface area contributed by atoms with Gasteiger partial charge in [-0.25, -0.2) is 0 Å². The Kier molecular flexibility index (Phi) is 4.63. The van der Waals surface area contributed by atoms with Crippen molar-refractivity contribution in [1.29, 1.82) is 0 Å². The van der Waals surface area contributed by atoms with Crippen LogP contribution < -0.4 is 5.32 Å². The fourth-order valence-corrected chi connectivity index (χ4v) is 3.11. The molecular weight excluding hydrogens is 238 g/mol. The Morgan fingerprint density at radius 3 is 2.63 bits per heavy atom. The average molecular weight is 265 g/mol. The van der Waals surface area contributed by atoms with E-state index in [1.54, 1.807) is 0 Å². The predicted molar refractivity (Wildman–Crippen MR) is 77.4 cm³/mol. The molecule has 1 fully saturated rings. The number of methoxy groups -OCH3 is 1. The topological polar surface area (TPSA) is 39.1 Å². The maximum absolute atomic E-state index is 5.81. The third-order valence-electron chi connectivity index (χ3n) is 4.58. The second-order valence-corrected chi connectivity index (χ2v) is 5.46. The monoisotopic (exact) mass is 265 g/mol. The summed E-state index contributed by atoms with van der Waals surface area (Å²) in [5.74, 6) is 0. The summed E-state index contributed by atoms with van der Waals surface area (Å²) in [6.45, 7) is 5.25. The van der Waals surface area contributed by atoms with Crippen molar-refractivity contribution in [2.24, 2.45) is 0 Å². The largest absolute Gasteiger partial charge is 0.377 e. The lowest BCUT2D eigenvalue weighted by Crippen LogP contribution is -2.56. The number of aromatic nitrogens is 2. The van der Waals surface area contributed by atoms with E-state index in [1.807, 2.05) is 14.2 Å². The zero-order valence-electron chi connectivity index (χ0n) is 12.7. The molecule has 4 heteroatoms. The molecule has 1 aromatic rings. The van der Waals surface area contributed by atoms with Crippen molar-refractivity contribution in [1.82, 2.24) is 15.1 Å². The van der Waals surface area contributed by atoms with Gasteiger partial charge in [0.25, 0.3) is 0 Å². The zero-order chi connectivity index (χ0) is 13.9. The first-order valence-electron chi connectivity index (χ1n) is 7.47. The Labute approximate surface area is 116 Å². The maximum atomic E-state index is 5.81. The summed E-state index contributed by atoms with van der Waals surface area (Å²) in [5.41, 5.74) is 2.54. The smallest absolute Gasteiger partial charge is 0.0834 e. The molecule has 0 spiro atoms. The number of hydrogen-bond acceptors (Lipinski definition) is 3. The maximum Gasteiger partial charge on any atom is 0.0834 e. The number of nitrogens with one attached hydrogen (secondary N) is 1. The number of hydrogen-bond donors (Lipinski definition) is 1. The van der Waals surface area contributed by atoms with Crippen molar-refractivity contribution in [2.45, 2.75) is 64.1 Å². The normalized spacial score (nSPS) is 19.2. The van der Waals surface area contributed by atoms with E-state index in [9.17, 15) is 0 Å². The van der Waals surface area contributed by atoms with Crippen LogP contribution in [0.3, 0.4) is 0 Å². The summed E-state index contributed by atoms with van der Waals surface area (Å²) in [5, 5.41) is 8.09. The summed E-state index contributed by atoms with van der Waals surface area (Å²) in [7, 11) is 3.88. The van der Waals surface area contributed by atoms with Gasteiger partial charge in [0.2, 0.25) is 0 Å². The van der Waals surface area contributed by atoms with E-state index in [0.29, 0.717) is 6.04 Å². The average Bonchev–Trinajstić information content (AvgIpc) is 2.79. The minimum atomic E-state index is 0.0317. The van der Waals surface area contributed by atoms with Crippen LogP contribution in [0.15, 0.2) is 6.07 Å². The highest BCUT2D eigenvalue weighted by Crippen LogP contribution is 2.39. The first-order valence-corrected chi connectivity index (χ1v) is 7.47. The predicted octanol–water partition coefficient (Wildman–Crippen LogP) is 2.17. The van der Waals surface area contributed by atoms with E-state index in [1.165, 1.54) is 17.8 Å². The summed E-state index contributed by atoms with van der Waals surface area (Å²) in [6, 6.07) is 2.62. The molecule has 2 rings (SSSR count). The van der Waals surface area contributed by atoms with Gasteiger partial charge in [-0.1, -0.05) is 6.92 Å². The standard InChI is InChI=1S/C15H27N3O/c1-5-12-10-13(18(6-2)17-12)11-14(16-3)15(19-4)8-7-9-15/h10,14,16H,5-9,11H2,1-4H3. The van der Waals surface area contributed by atoms with E-state index >= 15 is 0 Å². The summed E-state index contributed by atoms with van der Waals surface area (Å²) >= 11 is 0. The van der Waals surface area contributed by atoms with E-state index < -0.39 is 0 Å². The molecule has 19 heavy (non-hydrogen) atoms. The molecule has 1 aliphatic rings. The van der Waals surface area contributed by atoms with Crippen LogP contribution in [0.4, 0.5) is 0 Å². The third-order valence-corrected chi connectivity index (χ3v) is 4.58. The second kappa shape index (κ2) is 6.06. The molecule has 1 atom stereocenters. The van der Waals surface area contributed by atoms with Gasteiger partial charge >= 0.3 is 0 Å². The fourth-order valence-electron chi connectivity index (χ4n) is 3.11. The van der Waals surface area contributed by atoms with E-state index in [-0.39, 0.29) is 5.60 Å². The Morgan fingerprint density at radius 2 is 2.21 bits per heavy atom. The highest BCUT2D eigenvalue weighted by atomic mass is 16.5. The lowest BCUT2D eigenvalue weighted by atomic mass is 9.73. The molecule has 0 aromatic carbocycles. The molecule has 1 heterocycles. The molecule has 1 unspecified atom stereocenters. The van der Waals surface area contributed by atoms with Gasteiger partial charge in [-0.05, 0) is 45.7 Å². The van der Waals surface area contributed by atoms with Crippen LogP contribution in [-0.4, -0.2) is 35.6 Å². The van der Waals surface area contributed by atoms with Crippen LogP contribution in [0, 0.1) is 0 Å². The Balaban J connectivity index is 2.15. The second-order valence-electron chi connectivity index (χ2n) is 5.46. The van der Waals surface area contributed by atoms with Crippen LogP contribution in [-0.2, 0) is 24.1 Å². The minimum Gasteiger partial charge on any atom is -0.377 e. The van der Waals surface area contributed by atoms with E-state index in [4.69, 9.17) is 4.74 Å². The quantitative estimate of drug-likeness (QED) is 0.821. The molecule has 0 amide bonds. The molecule has 108 valence electrons. The van der Waals surface area contributed by atoms with Gasteiger partial charge in [-0.2, -0.15) is 5.10 Å². The molecule has 0 aliphatic heterocycles. The molecule has 1 aromatic heterocycles. The molecule has 4 nitrogen and oxygen atoms in total. The van der Waals surface area contributed by atoms with Crippen molar-refractivity contribution >= 4 is 0 Å². The molecule has 0 saturated heterocycles. The third kappa shape index (κ3) is 2.70. The van der Waals surface area contributed by atoms with Crippen LogP contribution in [0.2, 0.25) is 0 Å². The van der Waals surface area contributed by atoms with Crippen LogP contribution in [0.1, 0.15) is 44.5 Å². The number of aryl methyl sites for hydroxylation is 2. The molecule has 1 aliphatic carbocycles. The molecule has 1 N–H and O–H groups in total. The first kappa shape index (κ1) is 14.5. The van der Waals surface area contributed by atoms with Crippen molar-refractivity contribution in [3.8, 4) is 0 Å². The Morgan fingerprint density at radius 1 is 1.47 bits per heavy atom. The van der Waals surface area contributed by atoms with Crippen LogP contribution in [0.25, 0.3) is 0 Å². The summed E-state index contributed by atoms with van der Waals surface area (Å²) in [6.07, 6.45) is 5.59. The van der Waals surface area contributed by atoms with Crippen LogP contribution in [0.5, 0.6) is 0 Å². The highest BCUT2D eigenvalue weighted by Gasteiger charge is 2.44. The molecular formula is C15H27N3O. The van der Waals surface area contributed by atoms with E-state index in [0.717, 1.165) is 32.2 Å². The lowest BCUT2D eigenvalue weighted by molar-refractivity contribution is -0.0969. The van der Waals surface area contributed by atoms with Gasteiger partial charge in [0.05, 0.1) is 11.3 Å². The van der Waals surface area contributed by atoms with Crippen molar-refractivity contribution in [3.05, 3.63) is 17.5 Å². The van der Waals surface area contributed by atoms with E-state index in [2.05, 4.69) is 35.0 Å². The Bertz CT molecular complexity index is 404. The molecule has 1 saturated carbocycles. The lowest BCUT2D eigenvalue weighted by Gasteiger charge is -2.46. The minimum absolute atomic E-state index is 0.0317. The van der Waals surface area contributed by atoms with Crippen molar-refractivity contribution in [3.63, 3.8) is 0 Å². The van der Waals surface area contributed by atoms with Gasteiger partial charge in [-0.3, -0.25) is 4.68 Å². The number of nitrogens with zero attached hydrogens (tertiary/aromatic N) is 2. The van der Waals surface area contributed by atoms with Gasteiger partial charge < -0.3 is 10.1 Å². The van der Waals surface area contributed by atoms with Gasteiger partial charge in [0.15, 0.2) is 0 Å². The highest BCUT2D eigenvalue weighted by molar-refractivity contribution is 5.14. The van der Waals surface area contributed by atoms with Gasteiger partial charge in [0, 0.05) is 31.8 Å². The summed E-state index contributed by atoms with van der Waals surface area (Å²) in [4.78, 5) is 0. The zero-order valence-corrected chi connectivity index (χ0v) is 12.7. The van der Waals surface area contributed by atoms with Crippen molar-refractivity contribution in [2.75, 3.05) is 14.2 Å². The van der Waals surface area contributed by atoms with Crippen LogP contribution >= 0.6 is 0 Å². The first-order chi connectivity index (χ1) is 9.19. The molecule has 0 radical (unpaired) electrons. The Hall–Kier alpha value is -0.870. The number of rotatable bonds is 7. The fraction of sp³-hybridized carbons (Fsp3) is 0.800. The summed E-state index contributed by atoms with van der Waals surface area (Å²) < 4.78 is 7.94. The number of ether oxygens (including phenoxy) is 1. The van der Waals surface area contributed by atoms with Gasteiger partial charge in [-0.15, -0.1) is 0 Å². The molecule has 0 bridgehead atoms.